The van der Waals surface area contributed by atoms with Crippen molar-refractivity contribution in [2.75, 3.05) is 10.6 Å². The Bertz CT molecular complexity index is 926. The Hall–Kier alpha value is -3.31. The third-order valence-electron chi connectivity index (χ3n) is 3.84. The zero-order valence-corrected chi connectivity index (χ0v) is 15.8. The van der Waals surface area contributed by atoms with Crippen LogP contribution in [-0.2, 0) is 16.2 Å². The van der Waals surface area contributed by atoms with Crippen molar-refractivity contribution in [2.24, 2.45) is 0 Å². The van der Waals surface area contributed by atoms with Crippen LogP contribution in [-0.4, -0.2) is 11.8 Å². The summed E-state index contributed by atoms with van der Waals surface area (Å²) in [5, 5.41) is 5.92. The van der Waals surface area contributed by atoms with Crippen LogP contribution >= 0.6 is 11.6 Å². The van der Waals surface area contributed by atoms with Gasteiger partial charge in [0.2, 0.25) is 11.8 Å². The second-order valence-corrected chi connectivity index (χ2v) is 6.52. The largest absolute Gasteiger partial charge is 0.489 e. The third kappa shape index (κ3) is 6.14. The van der Waals surface area contributed by atoms with E-state index in [0.717, 1.165) is 5.56 Å². The molecule has 0 aliphatic rings. The van der Waals surface area contributed by atoms with Crippen LogP contribution in [0, 0.1) is 0 Å². The monoisotopic (exact) mass is 394 g/mol. The van der Waals surface area contributed by atoms with Gasteiger partial charge in [-0.2, -0.15) is 0 Å². The zero-order valence-electron chi connectivity index (χ0n) is 15.0. The summed E-state index contributed by atoms with van der Waals surface area (Å²) in [6.45, 7) is 0.470. The van der Waals surface area contributed by atoms with Crippen molar-refractivity contribution in [3.63, 3.8) is 0 Å². The molecule has 5 nitrogen and oxygen atoms in total. The second-order valence-electron chi connectivity index (χ2n) is 6.08. The van der Waals surface area contributed by atoms with Gasteiger partial charge in [-0.05, 0) is 54.1 Å². The van der Waals surface area contributed by atoms with E-state index in [2.05, 4.69) is 10.6 Å². The summed E-state index contributed by atoms with van der Waals surface area (Å²) in [7, 11) is 0. The number of carbonyl (C=O) groups is 2. The van der Waals surface area contributed by atoms with E-state index in [1.54, 1.807) is 48.5 Å². The van der Waals surface area contributed by atoms with Crippen molar-refractivity contribution in [1.82, 2.24) is 0 Å². The van der Waals surface area contributed by atoms with E-state index >= 15 is 0 Å². The van der Waals surface area contributed by atoms with Gasteiger partial charge in [-0.25, -0.2) is 0 Å². The molecule has 0 spiro atoms. The molecule has 0 aliphatic heterocycles. The number of ether oxygens (including phenoxy) is 1. The molecule has 3 aromatic rings. The van der Waals surface area contributed by atoms with Gasteiger partial charge in [-0.15, -0.1) is 0 Å². The minimum atomic E-state index is -0.400. The van der Waals surface area contributed by atoms with Crippen molar-refractivity contribution in [3.05, 3.63) is 89.4 Å². The molecule has 0 radical (unpaired) electrons. The average Bonchev–Trinajstić information content (AvgIpc) is 2.70. The first-order valence-electron chi connectivity index (χ1n) is 8.70. The average molecular weight is 395 g/mol. The lowest BCUT2D eigenvalue weighted by molar-refractivity contribution is -0.123. The summed E-state index contributed by atoms with van der Waals surface area (Å²) in [5.74, 6) is -0.102. The first kappa shape index (κ1) is 19.5. The van der Waals surface area contributed by atoms with Crippen LogP contribution in [0.3, 0.4) is 0 Å². The number of anilines is 2. The number of hydrogen-bond donors (Lipinski definition) is 2. The van der Waals surface area contributed by atoms with Gasteiger partial charge in [0.05, 0.1) is 0 Å². The molecule has 3 rings (SSSR count). The minimum absolute atomic E-state index is 0.283. The SMILES string of the molecule is O=C(CC(=O)Nc1ccc(OCc2ccccc2)cc1)Nc1ccc(Cl)cc1. The molecule has 0 aromatic heterocycles. The predicted molar refractivity (Wildman–Crippen MR) is 111 cm³/mol. The van der Waals surface area contributed by atoms with Crippen LogP contribution in [0.4, 0.5) is 11.4 Å². The highest BCUT2D eigenvalue weighted by molar-refractivity contribution is 6.30. The third-order valence-corrected chi connectivity index (χ3v) is 4.09. The van der Waals surface area contributed by atoms with Crippen molar-refractivity contribution in [2.45, 2.75) is 13.0 Å². The van der Waals surface area contributed by atoms with E-state index in [1.165, 1.54) is 0 Å². The van der Waals surface area contributed by atoms with Gasteiger partial charge in [0.1, 0.15) is 18.8 Å². The highest BCUT2D eigenvalue weighted by atomic mass is 35.5. The highest BCUT2D eigenvalue weighted by Gasteiger charge is 2.10. The van der Waals surface area contributed by atoms with E-state index in [4.69, 9.17) is 16.3 Å². The molecule has 28 heavy (non-hydrogen) atoms. The molecule has 0 saturated carbocycles. The molecule has 0 atom stereocenters. The van der Waals surface area contributed by atoms with Crippen molar-refractivity contribution >= 4 is 34.8 Å². The zero-order chi connectivity index (χ0) is 19.8. The molecule has 0 heterocycles. The fourth-order valence-electron chi connectivity index (χ4n) is 2.46. The van der Waals surface area contributed by atoms with E-state index in [9.17, 15) is 9.59 Å². The Kier molecular flexibility index (Phi) is 6.65. The summed E-state index contributed by atoms with van der Waals surface area (Å²) >= 11 is 5.80. The number of carbonyl (C=O) groups excluding carboxylic acids is 2. The molecule has 0 fully saturated rings. The lowest BCUT2D eigenvalue weighted by atomic mass is 10.2. The van der Waals surface area contributed by atoms with Gasteiger partial charge in [0, 0.05) is 16.4 Å². The lowest BCUT2D eigenvalue weighted by Gasteiger charge is -2.09. The number of halogens is 1. The van der Waals surface area contributed by atoms with Crippen LogP contribution in [0.15, 0.2) is 78.9 Å². The van der Waals surface area contributed by atoms with Crippen LogP contribution in [0.2, 0.25) is 5.02 Å². The molecule has 142 valence electrons. The smallest absolute Gasteiger partial charge is 0.233 e. The fraction of sp³-hybridized carbons (Fsp3) is 0.0909. The molecule has 0 unspecified atom stereocenters. The first-order valence-corrected chi connectivity index (χ1v) is 9.08. The lowest BCUT2D eigenvalue weighted by Crippen LogP contribution is -2.21. The van der Waals surface area contributed by atoms with Gasteiger partial charge < -0.3 is 15.4 Å². The van der Waals surface area contributed by atoms with Gasteiger partial charge in [0.15, 0.2) is 0 Å². The molecule has 0 bridgehead atoms. The maximum Gasteiger partial charge on any atom is 0.233 e. The first-order chi connectivity index (χ1) is 13.6. The van der Waals surface area contributed by atoms with Gasteiger partial charge in [-0.3, -0.25) is 9.59 Å². The van der Waals surface area contributed by atoms with Crippen LogP contribution < -0.4 is 15.4 Å². The maximum atomic E-state index is 12.0. The van der Waals surface area contributed by atoms with Crippen molar-refractivity contribution in [3.8, 4) is 5.75 Å². The quantitative estimate of drug-likeness (QED) is 0.561. The summed E-state index contributed by atoms with van der Waals surface area (Å²) < 4.78 is 5.71. The number of benzene rings is 3. The van der Waals surface area contributed by atoms with E-state index in [-0.39, 0.29) is 6.42 Å². The van der Waals surface area contributed by atoms with Crippen LogP contribution in [0.25, 0.3) is 0 Å². The van der Waals surface area contributed by atoms with E-state index in [1.807, 2.05) is 30.3 Å². The van der Waals surface area contributed by atoms with Crippen molar-refractivity contribution in [1.29, 1.82) is 0 Å². The predicted octanol–water partition coefficient (Wildman–Crippen LogP) is 4.89. The van der Waals surface area contributed by atoms with Crippen molar-refractivity contribution < 1.29 is 14.3 Å². The summed E-state index contributed by atoms with van der Waals surface area (Å²) in [6.07, 6.45) is -0.283. The Morgan fingerprint density at radius 2 is 1.29 bits per heavy atom. The van der Waals surface area contributed by atoms with Crippen LogP contribution in [0.5, 0.6) is 5.75 Å². The summed E-state index contributed by atoms with van der Waals surface area (Å²) in [6, 6.07) is 23.5. The molecule has 2 amide bonds. The standard InChI is InChI=1S/C22H19ClN2O3/c23-17-6-8-18(9-7-17)24-21(26)14-22(27)25-19-10-12-20(13-11-19)28-15-16-4-2-1-3-5-16/h1-13H,14-15H2,(H,24,26)(H,25,27). The second kappa shape index (κ2) is 9.58. The summed E-state index contributed by atoms with van der Waals surface area (Å²) in [4.78, 5) is 24.0. The Balaban J connectivity index is 1.45. The fourth-order valence-corrected chi connectivity index (χ4v) is 2.59. The number of rotatable bonds is 7. The Morgan fingerprint density at radius 1 is 0.750 bits per heavy atom. The van der Waals surface area contributed by atoms with E-state index < -0.39 is 11.8 Å². The van der Waals surface area contributed by atoms with Gasteiger partial charge in [0.25, 0.3) is 0 Å². The normalized spacial score (nSPS) is 10.2. The highest BCUT2D eigenvalue weighted by Crippen LogP contribution is 2.18. The Labute approximate surface area is 168 Å². The molecule has 6 heteroatoms. The topological polar surface area (TPSA) is 67.4 Å². The number of hydrogen-bond acceptors (Lipinski definition) is 3. The summed E-state index contributed by atoms with van der Waals surface area (Å²) in [5.41, 5.74) is 2.25. The molecular weight excluding hydrogens is 376 g/mol. The van der Waals surface area contributed by atoms with Gasteiger partial charge in [-0.1, -0.05) is 41.9 Å². The molecule has 0 aliphatic carbocycles. The maximum absolute atomic E-state index is 12.0. The van der Waals surface area contributed by atoms with Crippen LogP contribution in [0.1, 0.15) is 12.0 Å². The molecule has 3 aromatic carbocycles. The Morgan fingerprint density at radius 3 is 1.86 bits per heavy atom. The van der Waals surface area contributed by atoms with Gasteiger partial charge >= 0.3 is 0 Å². The molecule has 0 saturated heterocycles. The number of nitrogens with one attached hydrogen (secondary N) is 2. The molecule has 2 N–H and O–H groups in total. The van der Waals surface area contributed by atoms with E-state index in [0.29, 0.717) is 28.8 Å². The minimum Gasteiger partial charge on any atom is -0.489 e. The molecular formula is C22H19ClN2O3. The number of amides is 2.